The minimum Gasteiger partial charge on any atom is -0.393 e. The van der Waals surface area contributed by atoms with E-state index < -0.39 is 0 Å². The molecule has 0 saturated heterocycles. The molecule has 17 heavy (non-hydrogen) atoms. The summed E-state index contributed by atoms with van der Waals surface area (Å²) in [5, 5.41) is 9.52. The van der Waals surface area contributed by atoms with Crippen molar-refractivity contribution < 1.29 is 5.11 Å². The Hall–Kier alpha value is -0.860. The molecule has 0 spiro atoms. The van der Waals surface area contributed by atoms with Crippen LogP contribution in [0.1, 0.15) is 36.8 Å². The lowest BCUT2D eigenvalue weighted by Gasteiger charge is -2.33. The van der Waals surface area contributed by atoms with Gasteiger partial charge in [-0.3, -0.25) is 4.90 Å². The van der Waals surface area contributed by atoms with E-state index in [-0.39, 0.29) is 6.10 Å². The monoisotopic (exact) mass is 233 g/mol. The van der Waals surface area contributed by atoms with Crippen LogP contribution in [0.2, 0.25) is 0 Å². The Kier molecular flexibility index (Phi) is 4.19. The number of nitrogens with zero attached hydrogens (tertiary/aromatic N) is 1. The second-order valence-electron chi connectivity index (χ2n) is 5.30. The number of hydrogen-bond acceptors (Lipinski definition) is 2. The molecule has 2 heteroatoms. The normalized spacial score (nSPS) is 25.2. The van der Waals surface area contributed by atoms with Gasteiger partial charge in [0.25, 0.3) is 0 Å². The van der Waals surface area contributed by atoms with Crippen LogP contribution in [-0.4, -0.2) is 29.2 Å². The van der Waals surface area contributed by atoms with Gasteiger partial charge in [-0.25, -0.2) is 0 Å². The molecule has 94 valence electrons. The zero-order chi connectivity index (χ0) is 12.3. The Morgan fingerprint density at radius 1 is 1.18 bits per heavy atom. The van der Waals surface area contributed by atoms with Crippen molar-refractivity contribution in [2.45, 2.75) is 51.3 Å². The van der Waals surface area contributed by atoms with E-state index in [2.05, 4.69) is 43.1 Å². The third-order valence-electron chi connectivity index (χ3n) is 3.97. The van der Waals surface area contributed by atoms with Crippen molar-refractivity contribution in [1.29, 1.82) is 0 Å². The largest absolute Gasteiger partial charge is 0.393 e. The lowest BCUT2D eigenvalue weighted by atomic mass is 9.92. The van der Waals surface area contributed by atoms with Crippen LogP contribution in [0.25, 0.3) is 0 Å². The van der Waals surface area contributed by atoms with Crippen molar-refractivity contribution in [3.05, 3.63) is 35.4 Å². The molecular weight excluding hydrogens is 210 g/mol. The Balaban J connectivity index is 1.93. The third-order valence-corrected chi connectivity index (χ3v) is 3.97. The first kappa shape index (κ1) is 12.6. The van der Waals surface area contributed by atoms with Crippen LogP contribution in [0.3, 0.4) is 0 Å². The van der Waals surface area contributed by atoms with Crippen LogP contribution in [0.5, 0.6) is 0 Å². The molecule has 0 unspecified atom stereocenters. The van der Waals surface area contributed by atoms with Crippen LogP contribution in [0, 0.1) is 6.92 Å². The fourth-order valence-corrected chi connectivity index (χ4v) is 2.68. The molecule has 1 aliphatic carbocycles. The van der Waals surface area contributed by atoms with E-state index in [0.717, 1.165) is 32.2 Å². The molecule has 1 N–H and O–H groups in total. The van der Waals surface area contributed by atoms with Gasteiger partial charge in [-0.05, 0) is 50.8 Å². The fourth-order valence-electron chi connectivity index (χ4n) is 2.68. The molecule has 0 aliphatic heterocycles. The van der Waals surface area contributed by atoms with Gasteiger partial charge in [0.2, 0.25) is 0 Å². The molecule has 2 nitrogen and oxygen atoms in total. The van der Waals surface area contributed by atoms with Crippen molar-refractivity contribution in [3.63, 3.8) is 0 Å². The fraction of sp³-hybridized carbons (Fsp3) is 0.600. The predicted octanol–water partition coefficient (Wildman–Crippen LogP) is 2.73. The highest BCUT2D eigenvalue weighted by molar-refractivity contribution is 5.25. The molecular formula is C15H23NO. The quantitative estimate of drug-likeness (QED) is 0.867. The van der Waals surface area contributed by atoms with E-state index in [1.165, 1.54) is 11.1 Å². The van der Waals surface area contributed by atoms with Crippen LogP contribution < -0.4 is 0 Å². The standard InChI is InChI=1S/C15H23NO/c1-12-5-3-4-6-13(12)11-16(2)14-7-9-15(17)10-8-14/h3-6,14-15,17H,7-11H2,1-2H3. The molecule has 1 aliphatic rings. The van der Waals surface area contributed by atoms with E-state index in [1.54, 1.807) is 0 Å². The van der Waals surface area contributed by atoms with Gasteiger partial charge in [0, 0.05) is 12.6 Å². The van der Waals surface area contributed by atoms with E-state index in [9.17, 15) is 5.11 Å². The summed E-state index contributed by atoms with van der Waals surface area (Å²) in [5.41, 5.74) is 2.79. The molecule has 0 bridgehead atoms. The molecule has 0 atom stereocenters. The second kappa shape index (κ2) is 5.65. The SMILES string of the molecule is Cc1ccccc1CN(C)C1CCC(O)CC1. The average Bonchev–Trinajstić information content (AvgIpc) is 2.33. The lowest BCUT2D eigenvalue weighted by molar-refractivity contribution is 0.0817. The molecule has 0 heterocycles. The summed E-state index contributed by atoms with van der Waals surface area (Å²) in [6, 6.07) is 9.23. The Morgan fingerprint density at radius 3 is 2.47 bits per heavy atom. The van der Waals surface area contributed by atoms with Crippen LogP contribution >= 0.6 is 0 Å². The van der Waals surface area contributed by atoms with Crippen molar-refractivity contribution in [2.75, 3.05) is 7.05 Å². The molecule has 1 saturated carbocycles. The molecule has 0 aromatic heterocycles. The summed E-state index contributed by atoms with van der Waals surface area (Å²) in [4.78, 5) is 2.44. The second-order valence-corrected chi connectivity index (χ2v) is 5.30. The maximum atomic E-state index is 9.52. The van der Waals surface area contributed by atoms with Crippen molar-refractivity contribution in [1.82, 2.24) is 4.90 Å². The molecule has 0 amide bonds. The zero-order valence-corrected chi connectivity index (χ0v) is 10.9. The topological polar surface area (TPSA) is 23.5 Å². The Morgan fingerprint density at radius 2 is 1.82 bits per heavy atom. The molecule has 1 aromatic carbocycles. The summed E-state index contributed by atoms with van der Waals surface area (Å²) in [5.74, 6) is 0. The van der Waals surface area contributed by atoms with Crippen LogP contribution in [0.4, 0.5) is 0 Å². The van der Waals surface area contributed by atoms with Gasteiger partial charge in [-0.15, -0.1) is 0 Å². The van der Waals surface area contributed by atoms with E-state index in [4.69, 9.17) is 0 Å². The van der Waals surface area contributed by atoms with Crippen molar-refractivity contribution >= 4 is 0 Å². The summed E-state index contributed by atoms with van der Waals surface area (Å²) in [6.07, 6.45) is 4.12. The van der Waals surface area contributed by atoms with E-state index >= 15 is 0 Å². The van der Waals surface area contributed by atoms with Gasteiger partial charge in [-0.2, -0.15) is 0 Å². The number of aliphatic hydroxyl groups excluding tert-OH is 1. The van der Waals surface area contributed by atoms with Gasteiger partial charge < -0.3 is 5.11 Å². The van der Waals surface area contributed by atoms with Gasteiger partial charge in [-0.1, -0.05) is 24.3 Å². The summed E-state index contributed by atoms with van der Waals surface area (Å²) in [7, 11) is 2.20. The average molecular weight is 233 g/mol. The number of hydrogen-bond donors (Lipinski definition) is 1. The first-order valence-corrected chi connectivity index (χ1v) is 6.59. The Bertz CT molecular complexity index is 356. The first-order valence-electron chi connectivity index (χ1n) is 6.59. The molecule has 2 rings (SSSR count). The summed E-state index contributed by atoms with van der Waals surface area (Å²) in [6.45, 7) is 3.20. The maximum Gasteiger partial charge on any atom is 0.0541 e. The smallest absolute Gasteiger partial charge is 0.0541 e. The predicted molar refractivity (Wildman–Crippen MR) is 70.9 cm³/mol. The highest BCUT2D eigenvalue weighted by Crippen LogP contribution is 2.23. The van der Waals surface area contributed by atoms with Crippen molar-refractivity contribution in [2.24, 2.45) is 0 Å². The zero-order valence-electron chi connectivity index (χ0n) is 10.9. The Labute approximate surface area is 104 Å². The molecule has 1 fully saturated rings. The van der Waals surface area contributed by atoms with Crippen LogP contribution in [0.15, 0.2) is 24.3 Å². The van der Waals surface area contributed by atoms with Gasteiger partial charge in [0.1, 0.15) is 0 Å². The molecule has 0 radical (unpaired) electrons. The summed E-state index contributed by atoms with van der Waals surface area (Å²) >= 11 is 0. The number of rotatable bonds is 3. The number of benzene rings is 1. The molecule has 1 aromatic rings. The number of aryl methyl sites for hydroxylation is 1. The number of aliphatic hydroxyl groups is 1. The van der Waals surface area contributed by atoms with Crippen LogP contribution in [-0.2, 0) is 6.54 Å². The van der Waals surface area contributed by atoms with Gasteiger partial charge in [0.05, 0.1) is 6.10 Å². The van der Waals surface area contributed by atoms with Crippen molar-refractivity contribution in [3.8, 4) is 0 Å². The first-order chi connectivity index (χ1) is 8.16. The lowest BCUT2D eigenvalue weighted by Crippen LogP contribution is -2.36. The third kappa shape index (κ3) is 3.30. The highest BCUT2D eigenvalue weighted by atomic mass is 16.3. The van der Waals surface area contributed by atoms with E-state index in [0.29, 0.717) is 6.04 Å². The van der Waals surface area contributed by atoms with E-state index in [1.807, 2.05) is 0 Å². The van der Waals surface area contributed by atoms with Gasteiger partial charge >= 0.3 is 0 Å². The summed E-state index contributed by atoms with van der Waals surface area (Å²) < 4.78 is 0. The van der Waals surface area contributed by atoms with Gasteiger partial charge in [0.15, 0.2) is 0 Å². The minimum atomic E-state index is -0.0573. The highest BCUT2D eigenvalue weighted by Gasteiger charge is 2.22. The maximum absolute atomic E-state index is 9.52. The minimum absolute atomic E-state index is 0.0573.